The highest BCUT2D eigenvalue weighted by atomic mass is 35.5. The number of hydrogen-bond acceptors (Lipinski definition) is 3. The second kappa shape index (κ2) is 6.24. The average Bonchev–Trinajstić information content (AvgIpc) is 2.74. The quantitative estimate of drug-likeness (QED) is 0.935. The van der Waals surface area contributed by atoms with Crippen LogP contribution in [0.15, 0.2) is 36.4 Å². The second-order valence-electron chi connectivity index (χ2n) is 4.00. The van der Waals surface area contributed by atoms with Crippen LogP contribution in [0, 0.1) is 0 Å². The topological polar surface area (TPSA) is 56.2 Å². The Hall–Kier alpha value is -2.01. The van der Waals surface area contributed by atoms with E-state index in [2.05, 4.69) is 10.4 Å². The van der Waals surface area contributed by atoms with Gasteiger partial charge in [-0.15, -0.1) is 0 Å². The lowest BCUT2D eigenvalue weighted by atomic mass is 10.2. The van der Waals surface area contributed by atoms with Gasteiger partial charge in [0.1, 0.15) is 11.8 Å². The minimum Gasteiger partial charge on any atom is -0.445 e. The molecular weight excluding hydrogens is 266 g/mol. The number of ether oxygens (including phenoxy) is 1. The Labute approximate surface area is 116 Å². The molecular formula is C13H14ClN3O2. The van der Waals surface area contributed by atoms with Gasteiger partial charge in [0.2, 0.25) is 0 Å². The number of carbonyl (C=O) groups is 1. The van der Waals surface area contributed by atoms with Crippen molar-refractivity contribution >= 4 is 17.7 Å². The third-order valence-electron chi connectivity index (χ3n) is 2.50. The molecule has 6 heteroatoms. The van der Waals surface area contributed by atoms with Crippen molar-refractivity contribution < 1.29 is 9.53 Å². The fraction of sp³-hybridized carbons (Fsp3) is 0.231. The van der Waals surface area contributed by atoms with Crippen LogP contribution in [0.25, 0.3) is 0 Å². The van der Waals surface area contributed by atoms with Gasteiger partial charge in [0.25, 0.3) is 0 Å². The zero-order valence-electron chi connectivity index (χ0n) is 10.5. The third kappa shape index (κ3) is 3.99. The molecule has 1 amide bonds. The molecule has 1 aromatic heterocycles. The molecule has 0 unspecified atom stereocenters. The summed E-state index contributed by atoms with van der Waals surface area (Å²) in [7, 11) is 1.74. The highest BCUT2D eigenvalue weighted by Gasteiger charge is 2.06. The van der Waals surface area contributed by atoms with Gasteiger partial charge in [-0.2, -0.15) is 5.10 Å². The number of aryl methyl sites for hydroxylation is 1. The Morgan fingerprint density at radius 2 is 2.16 bits per heavy atom. The maximum absolute atomic E-state index is 11.5. The predicted molar refractivity (Wildman–Crippen MR) is 71.7 cm³/mol. The lowest BCUT2D eigenvalue weighted by Crippen LogP contribution is -2.23. The minimum atomic E-state index is -0.481. The lowest BCUT2D eigenvalue weighted by Gasteiger charge is -2.05. The Bertz CT molecular complexity index is 535. The van der Waals surface area contributed by atoms with Crippen LogP contribution in [-0.4, -0.2) is 15.9 Å². The van der Waals surface area contributed by atoms with Crippen LogP contribution in [-0.2, 0) is 24.9 Å². The van der Waals surface area contributed by atoms with E-state index in [4.69, 9.17) is 16.3 Å². The van der Waals surface area contributed by atoms with Crippen LogP contribution in [0.2, 0.25) is 5.15 Å². The molecule has 100 valence electrons. The van der Waals surface area contributed by atoms with E-state index >= 15 is 0 Å². The summed E-state index contributed by atoms with van der Waals surface area (Å²) in [4.78, 5) is 11.5. The summed E-state index contributed by atoms with van der Waals surface area (Å²) in [6.45, 7) is 0.532. The van der Waals surface area contributed by atoms with Crippen molar-refractivity contribution in [1.29, 1.82) is 0 Å². The van der Waals surface area contributed by atoms with Crippen LogP contribution in [0.3, 0.4) is 0 Å². The molecule has 0 fully saturated rings. The molecule has 0 aliphatic heterocycles. The van der Waals surface area contributed by atoms with Gasteiger partial charge in [-0.1, -0.05) is 41.9 Å². The zero-order chi connectivity index (χ0) is 13.7. The van der Waals surface area contributed by atoms with Crippen LogP contribution in [0.4, 0.5) is 4.79 Å². The van der Waals surface area contributed by atoms with E-state index in [1.54, 1.807) is 13.1 Å². The van der Waals surface area contributed by atoms with Crippen molar-refractivity contribution in [1.82, 2.24) is 15.1 Å². The monoisotopic (exact) mass is 279 g/mol. The molecule has 5 nitrogen and oxygen atoms in total. The molecule has 0 aliphatic rings. The Balaban J connectivity index is 1.76. The van der Waals surface area contributed by atoms with Crippen molar-refractivity contribution in [3.8, 4) is 0 Å². The molecule has 0 aliphatic carbocycles. The fourth-order valence-corrected chi connectivity index (χ4v) is 1.69. The number of rotatable bonds is 4. The smallest absolute Gasteiger partial charge is 0.407 e. The summed E-state index contributed by atoms with van der Waals surface area (Å²) in [5.41, 5.74) is 1.63. The Morgan fingerprint density at radius 3 is 2.79 bits per heavy atom. The molecule has 0 bridgehead atoms. The number of aromatic nitrogens is 2. The first-order valence-electron chi connectivity index (χ1n) is 5.78. The van der Waals surface area contributed by atoms with Crippen LogP contribution < -0.4 is 5.32 Å². The Kier molecular flexibility index (Phi) is 4.41. The van der Waals surface area contributed by atoms with Crippen molar-refractivity contribution in [2.24, 2.45) is 7.05 Å². The van der Waals surface area contributed by atoms with E-state index < -0.39 is 6.09 Å². The molecule has 2 rings (SSSR count). The molecule has 2 aromatic rings. The summed E-state index contributed by atoms with van der Waals surface area (Å²) >= 11 is 5.84. The first-order valence-corrected chi connectivity index (χ1v) is 6.16. The number of hydrogen-bond donors (Lipinski definition) is 1. The normalized spacial score (nSPS) is 10.2. The molecule has 0 spiro atoms. The second-order valence-corrected chi connectivity index (χ2v) is 4.38. The van der Waals surface area contributed by atoms with E-state index in [1.807, 2.05) is 30.3 Å². The highest BCUT2D eigenvalue weighted by Crippen LogP contribution is 2.08. The average molecular weight is 280 g/mol. The van der Waals surface area contributed by atoms with Gasteiger partial charge in [-0.05, 0) is 5.56 Å². The summed E-state index contributed by atoms with van der Waals surface area (Å²) < 4.78 is 6.60. The molecule has 19 heavy (non-hydrogen) atoms. The standard InChI is InChI=1S/C13H14ClN3O2/c1-17-12(14)7-11(16-17)8-15-13(18)19-9-10-5-3-2-4-6-10/h2-7H,8-9H2,1H3,(H,15,18). The molecule has 0 atom stereocenters. The largest absolute Gasteiger partial charge is 0.445 e. The molecule has 0 saturated heterocycles. The van der Waals surface area contributed by atoms with Gasteiger partial charge < -0.3 is 10.1 Å². The van der Waals surface area contributed by atoms with E-state index in [0.29, 0.717) is 10.8 Å². The number of nitrogens with zero attached hydrogens (tertiary/aromatic N) is 2. The minimum absolute atomic E-state index is 0.246. The molecule has 0 radical (unpaired) electrons. The molecule has 1 N–H and O–H groups in total. The number of halogens is 1. The number of carbonyl (C=O) groups excluding carboxylic acids is 1. The van der Waals surface area contributed by atoms with Gasteiger partial charge in [-0.25, -0.2) is 4.79 Å². The van der Waals surface area contributed by atoms with Gasteiger partial charge in [0.05, 0.1) is 12.2 Å². The van der Waals surface area contributed by atoms with Crippen molar-refractivity contribution in [2.75, 3.05) is 0 Å². The summed E-state index contributed by atoms with van der Waals surface area (Å²) in [6.07, 6.45) is -0.481. The predicted octanol–water partition coefficient (Wildman–Crippen LogP) is 2.50. The first kappa shape index (κ1) is 13.4. The van der Waals surface area contributed by atoms with Gasteiger partial charge in [-0.3, -0.25) is 4.68 Å². The van der Waals surface area contributed by atoms with Gasteiger partial charge in [0.15, 0.2) is 0 Å². The maximum Gasteiger partial charge on any atom is 0.407 e. The Morgan fingerprint density at radius 1 is 1.42 bits per heavy atom. The summed E-state index contributed by atoms with van der Waals surface area (Å²) in [5.74, 6) is 0. The number of benzene rings is 1. The number of alkyl carbamates (subject to hydrolysis) is 1. The molecule has 0 saturated carbocycles. The lowest BCUT2D eigenvalue weighted by molar-refractivity contribution is 0.139. The van der Waals surface area contributed by atoms with Crippen LogP contribution in [0.1, 0.15) is 11.3 Å². The fourth-order valence-electron chi connectivity index (χ4n) is 1.52. The maximum atomic E-state index is 11.5. The van der Waals surface area contributed by atoms with E-state index in [9.17, 15) is 4.79 Å². The van der Waals surface area contributed by atoms with Crippen LogP contribution in [0.5, 0.6) is 0 Å². The van der Waals surface area contributed by atoms with E-state index in [1.165, 1.54) is 4.68 Å². The number of nitrogens with one attached hydrogen (secondary N) is 1. The highest BCUT2D eigenvalue weighted by molar-refractivity contribution is 6.29. The SMILES string of the molecule is Cn1nc(CNC(=O)OCc2ccccc2)cc1Cl. The van der Waals surface area contributed by atoms with E-state index in [-0.39, 0.29) is 13.2 Å². The van der Waals surface area contributed by atoms with E-state index in [0.717, 1.165) is 5.56 Å². The summed E-state index contributed by atoms with van der Waals surface area (Å²) in [6, 6.07) is 11.2. The molecule has 1 aromatic carbocycles. The van der Waals surface area contributed by atoms with Crippen molar-refractivity contribution in [3.63, 3.8) is 0 Å². The molecule has 1 heterocycles. The van der Waals surface area contributed by atoms with Crippen LogP contribution >= 0.6 is 11.6 Å². The van der Waals surface area contributed by atoms with Gasteiger partial charge >= 0.3 is 6.09 Å². The zero-order valence-corrected chi connectivity index (χ0v) is 11.2. The van der Waals surface area contributed by atoms with Crippen molar-refractivity contribution in [3.05, 3.63) is 52.8 Å². The summed E-state index contributed by atoms with van der Waals surface area (Å²) in [5, 5.41) is 7.25. The third-order valence-corrected chi connectivity index (χ3v) is 2.85. The number of amides is 1. The first-order chi connectivity index (χ1) is 9.15. The van der Waals surface area contributed by atoms with Gasteiger partial charge in [0, 0.05) is 13.1 Å². The van der Waals surface area contributed by atoms with Crippen molar-refractivity contribution in [2.45, 2.75) is 13.2 Å².